The van der Waals surface area contributed by atoms with Crippen molar-refractivity contribution in [3.05, 3.63) is 72.9 Å². The molecule has 2 aromatic carbocycles. The molecular formula is C19H14N2O. The molecule has 22 heavy (non-hydrogen) atoms. The monoisotopic (exact) mass is 286 g/mol. The lowest BCUT2D eigenvalue weighted by Gasteiger charge is -2.05. The third-order valence-electron chi connectivity index (χ3n) is 3.94. The van der Waals surface area contributed by atoms with Crippen molar-refractivity contribution in [1.82, 2.24) is 4.40 Å². The lowest BCUT2D eigenvalue weighted by atomic mass is 10.1. The summed E-state index contributed by atoms with van der Waals surface area (Å²) >= 11 is 0. The van der Waals surface area contributed by atoms with E-state index >= 15 is 0 Å². The molecule has 4 rings (SSSR count). The average Bonchev–Trinajstić information content (AvgIpc) is 2.94. The Kier molecular flexibility index (Phi) is 2.90. The molecule has 0 aliphatic heterocycles. The predicted molar refractivity (Wildman–Crippen MR) is 90.0 cm³/mol. The molecule has 2 heterocycles. The molecule has 0 saturated carbocycles. The first-order valence-electron chi connectivity index (χ1n) is 7.16. The first-order chi connectivity index (χ1) is 10.9. The van der Waals surface area contributed by atoms with E-state index in [4.69, 9.17) is 0 Å². The summed E-state index contributed by atoms with van der Waals surface area (Å²) in [7, 11) is 0. The number of anilines is 1. The van der Waals surface area contributed by atoms with Gasteiger partial charge in [0, 0.05) is 6.20 Å². The van der Waals surface area contributed by atoms with E-state index in [9.17, 15) is 4.79 Å². The molecule has 0 aliphatic carbocycles. The summed E-state index contributed by atoms with van der Waals surface area (Å²) in [6.45, 7) is 0. The number of benzene rings is 2. The van der Waals surface area contributed by atoms with Crippen molar-refractivity contribution in [3.8, 4) is 11.3 Å². The van der Waals surface area contributed by atoms with Crippen LogP contribution in [0.3, 0.4) is 0 Å². The number of hydrogen-bond acceptors (Lipinski definition) is 1. The highest BCUT2D eigenvalue weighted by Gasteiger charge is 2.10. The van der Waals surface area contributed by atoms with E-state index in [1.807, 2.05) is 42.6 Å². The molecule has 0 spiro atoms. The second-order valence-electron chi connectivity index (χ2n) is 5.22. The van der Waals surface area contributed by atoms with Crippen molar-refractivity contribution in [2.75, 3.05) is 5.32 Å². The van der Waals surface area contributed by atoms with E-state index in [1.165, 1.54) is 10.8 Å². The minimum absolute atomic E-state index is 0.715. The Morgan fingerprint density at radius 2 is 1.68 bits per heavy atom. The molecule has 0 fully saturated rings. The zero-order valence-electron chi connectivity index (χ0n) is 11.9. The highest BCUT2D eigenvalue weighted by atomic mass is 16.1. The standard InChI is InChI=1S/C19H14N2O/c22-13-20-17-12-19(21-10-4-3-7-18(17)21)16-9-8-14-5-1-2-6-15(14)11-16/h1-13H,(H,20,22). The molecular weight excluding hydrogens is 272 g/mol. The summed E-state index contributed by atoms with van der Waals surface area (Å²) in [5.74, 6) is 0. The Morgan fingerprint density at radius 1 is 0.864 bits per heavy atom. The first kappa shape index (κ1) is 12.7. The van der Waals surface area contributed by atoms with Crippen LogP contribution < -0.4 is 5.32 Å². The Bertz CT molecular complexity index is 985. The zero-order chi connectivity index (χ0) is 14.9. The maximum absolute atomic E-state index is 10.8. The number of carbonyl (C=O) groups is 1. The SMILES string of the molecule is O=CNc1cc(-c2ccc3ccccc3c2)n2ccccc12. The van der Waals surface area contributed by atoms with Gasteiger partial charge in [0.15, 0.2) is 0 Å². The quantitative estimate of drug-likeness (QED) is 0.559. The Morgan fingerprint density at radius 3 is 2.55 bits per heavy atom. The fraction of sp³-hybridized carbons (Fsp3) is 0. The largest absolute Gasteiger partial charge is 0.327 e. The van der Waals surface area contributed by atoms with Gasteiger partial charge in [0.2, 0.25) is 6.41 Å². The van der Waals surface area contributed by atoms with Gasteiger partial charge in [-0.15, -0.1) is 0 Å². The summed E-state index contributed by atoms with van der Waals surface area (Å²) in [5, 5.41) is 5.20. The molecule has 1 amide bonds. The van der Waals surface area contributed by atoms with Gasteiger partial charge in [-0.2, -0.15) is 0 Å². The molecule has 0 radical (unpaired) electrons. The van der Waals surface area contributed by atoms with Crippen molar-refractivity contribution < 1.29 is 4.79 Å². The Labute approximate surface area is 127 Å². The van der Waals surface area contributed by atoms with Crippen LogP contribution in [0.15, 0.2) is 72.9 Å². The van der Waals surface area contributed by atoms with Crippen molar-refractivity contribution in [3.63, 3.8) is 0 Å². The van der Waals surface area contributed by atoms with E-state index in [1.54, 1.807) is 0 Å². The molecule has 3 heteroatoms. The minimum Gasteiger partial charge on any atom is -0.327 e. The first-order valence-corrected chi connectivity index (χ1v) is 7.16. The number of aromatic nitrogens is 1. The van der Waals surface area contributed by atoms with Crippen LogP contribution in [-0.2, 0) is 4.79 Å². The van der Waals surface area contributed by atoms with Gasteiger partial charge in [0.05, 0.1) is 16.9 Å². The number of amides is 1. The molecule has 0 atom stereocenters. The molecule has 0 aliphatic rings. The van der Waals surface area contributed by atoms with E-state index in [-0.39, 0.29) is 0 Å². The number of rotatable bonds is 3. The number of nitrogens with one attached hydrogen (secondary N) is 1. The van der Waals surface area contributed by atoms with E-state index in [0.717, 1.165) is 22.5 Å². The van der Waals surface area contributed by atoms with E-state index in [0.29, 0.717) is 6.41 Å². The highest BCUT2D eigenvalue weighted by Crippen LogP contribution is 2.31. The summed E-state index contributed by atoms with van der Waals surface area (Å²) in [6.07, 6.45) is 2.72. The topological polar surface area (TPSA) is 33.5 Å². The second kappa shape index (κ2) is 5.04. The third-order valence-corrected chi connectivity index (χ3v) is 3.94. The second-order valence-corrected chi connectivity index (χ2v) is 5.22. The Hall–Kier alpha value is -3.07. The fourth-order valence-corrected chi connectivity index (χ4v) is 2.90. The normalized spacial score (nSPS) is 10.9. The van der Waals surface area contributed by atoms with Gasteiger partial charge in [-0.3, -0.25) is 4.79 Å². The van der Waals surface area contributed by atoms with Crippen LogP contribution in [0.4, 0.5) is 5.69 Å². The number of nitrogens with zero attached hydrogens (tertiary/aromatic N) is 1. The van der Waals surface area contributed by atoms with Crippen LogP contribution in [0, 0.1) is 0 Å². The Balaban J connectivity index is 1.97. The molecule has 1 N–H and O–H groups in total. The van der Waals surface area contributed by atoms with Crippen molar-refractivity contribution >= 4 is 28.4 Å². The van der Waals surface area contributed by atoms with Gasteiger partial charge in [0.1, 0.15) is 0 Å². The number of carbonyl (C=O) groups excluding carboxylic acids is 1. The van der Waals surface area contributed by atoms with Crippen LogP contribution in [0.2, 0.25) is 0 Å². The number of pyridine rings is 1. The smallest absolute Gasteiger partial charge is 0.211 e. The molecule has 3 nitrogen and oxygen atoms in total. The third kappa shape index (κ3) is 1.95. The van der Waals surface area contributed by atoms with Gasteiger partial charge in [-0.25, -0.2) is 0 Å². The summed E-state index contributed by atoms with van der Waals surface area (Å²) < 4.78 is 2.09. The van der Waals surface area contributed by atoms with Crippen LogP contribution in [0.25, 0.3) is 27.5 Å². The van der Waals surface area contributed by atoms with Gasteiger partial charge >= 0.3 is 0 Å². The number of hydrogen-bond donors (Lipinski definition) is 1. The minimum atomic E-state index is 0.715. The molecule has 0 bridgehead atoms. The molecule has 0 saturated heterocycles. The molecule has 2 aromatic heterocycles. The summed E-state index contributed by atoms with van der Waals surface area (Å²) in [4.78, 5) is 10.8. The maximum Gasteiger partial charge on any atom is 0.211 e. The zero-order valence-corrected chi connectivity index (χ0v) is 11.9. The van der Waals surface area contributed by atoms with Gasteiger partial charge in [-0.05, 0) is 40.6 Å². The lowest BCUT2D eigenvalue weighted by Crippen LogP contribution is -1.92. The molecule has 106 valence electrons. The van der Waals surface area contributed by atoms with Gasteiger partial charge in [-0.1, -0.05) is 42.5 Å². The van der Waals surface area contributed by atoms with Gasteiger partial charge < -0.3 is 9.72 Å². The van der Waals surface area contributed by atoms with Crippen molar-refractivity contribution in [1.29, 1.82) is 0 Å². The van der Waals surface area contributed by atoms with E-state index in [2.05, 4.69) is 40.0 Å². The van der Waals surface area contributed by atoms with Crippen LogP contribution in [0.5, 0.6) is 0 Å². The fourth-order valence-electron chi connectivity index (χ4n) is 2.90. The van der Waals surface area contributed by atoms with Crippen LogP contribution >= 0.6 is 0 Å². The van der Waals surface area contributed by atoms with Crippen molar-refractivity contribution in [2.45, 2.75) is 0 Å². The van der Waals surface area contributed by atoms with Crippen LogP contribution in [-0.4, -0.2) is 10.8 Å². The summed E-state index contributed by atoms with van der Waals surface area (Å²) in [5.41, 5.74) is 3.99. The number of fused-ring (bicyclic) bond motifs is 2. The van der Waals surface area contributed by atoms with E-state index < -0.39 is 0 Å². The summed E-state index contributed by atoms with van der Waals surface area (Å²) in [6, 6.07) is 22.7. The maximum atomic E-state index is 10.8. The average molecular weight is 286 g/mol. The molecule has 4 aromatic rings. The highest BCUT2D eigenvalue weighted by molar-refractivity contribution is 5.91. The molecule has 0 unspecified atom stereocenters. The predicted octanol–water partition coefficient (Wildman–Crippen LogP) is 4.33. The lowest BCUT2D eigenvalue weighted by molar-refractivity contribution is -0.105. The van der Waals surface area contributed by atoms with Crippen molar-refractivity contribution in [2.24, 2.45) is 0 Å². The van der Waals surface area contributed by atoms with Crippen LogP contribution in [0.1, 0.15) is 0 Å². The van der Waals surface area contributed by atoms with Gasteiger partial charge in [0.25, 0.3) is 0 Å².